The first-order valence-electron chi connectivity index (χ1n) is 7.28. The van der Waals surface area contributed by atoms with Crippen molar-refractivity contribution in [2.24, 2.45) is 16.8 Å². The van der Waals surface area contributed by atoms with Crippen molar-refractivity contribution in [1.29, 1.82) is 0 Å². The largest absolute Gasteiger partial charge is 0.353 e. The van der Waals surface area contributed by atoms with Crippen molar-refractivity contribution in [2.45, 2.75) is 20.3 Å². The van der Waals surface area contributed by atoms with Gasteiger partial charge in [0.15, 0.2) is 5.96 Å². The van der Waals surface area contributed by atoms with Crippen LogP contribution in [-0.2, 0) is 4.79 Å². The minimum absolute atomic E-state index is 0.0148. The van der Waals surface area contributed by atoms with Crippen LogP contribution in [0.5, 0.6) is 0 Å². The molecule has 1 fully saturated rings. The molecule has 0 aromatic carbocycles. The summed E-state index contributed by atoms with van der Waals surface area (Å²) in [5.41, 5.74) is 0. The standard InChI is InChI=1S/C15H28N4O/c1-6-7-16-15(17-9-14(20)18(4)5)19-10-12(2)8-13(3)11-19/h6,12-13H,1,7-11H2,2-5H3,(H,16,17). The summed E-state index contributed by atoms with van der Waals surface area (Å²) in [5, 5.41) is 3.26. The number of carbonyl (C=O) groups is 1. The highest BCUT2D eigenvalue weighted by atomic mass is 16.2. The highest BCUT2D eigenvalue weighted by Crippen LogP contribution is 2.20. The number of hydrogen-bond acceptors (Lipinski definition) is 2. The van der Waals surface area contributed by atoms with E-state index in [0.29, 0.717) is 18.4 Å². The molecule has 1 aliphatic heterocycles. The van der Waals surface area contributed by atoms with Gasteiger partial charge in [0.25, 0.3) is 0 Å². The number of amides is 1. The maximum Gasteiger partial charge on any atom is 0.243 e. The fourth-order valence-corrected chi connectivity index (χ4v) is 2.55. The summed E-state index contributed by atoms with van der Waals surface area (Å²) >= 11 is 0. The summed E-state index contributed by atoms with van der Waals surface area (Å²) in [6.07, 6.45) is 3.06. The van der Waals surface area contributed by atoms with Crippen LogP contribution in [0.15, 0.2) is 17.6 Å². The number of piperidine rings is 1. The average Bonchev–Trinajstić information content (AvgIpc) is 2.37. The van der Waals surface area contributed by atoms with Gasteiger partial charge in [-0.3, -0.25) is 4.79 Å². The molecule has 0 aromatic rings. The number of guanidine groups is 1. The number of likely N-dealkylation sites (N-methyl/N-ethyl adjacent to an activating group) is 1. The van der Waals surface area contributed by atoms with Gasteiger partial charge in [-0.15, -0.1) is 6.58 Å². The molecular formula is C15H28N4O. The predicted molar refractivity (Wildman–Crippen MR) is 83.7 cm³/mol. The van der Waals surface area contributed by atoms with E-state index in [0.717, 1.165) is 19.0 Å². The fourth-order valence-electron chi connectivity index (χ4n) is 2.55. The Labute approximate surface area is 122 Å². The third-order valence-corrected chi connectivity index (χ3v) is 3.44. The van der Waals surface area contributed by atoms with Crippen LogP contribution in [0.2, 0.25) is 0 Å². The number of nitrogens with zero attached hydrogens (tertiary/aromatic N) is 3. The molecule has 20 heavy (non-hydrogen) atoms. The molecule has 1 rings (SSSR count). The lowest BCUT2D eigenvalue weighted by atomic mass is 9.92. The second-order valence-electron chi connectivity index (χ2n) is 5.95. The zero-order chi connectivity index (χ0) is 15.1. The van der Waals surface area contributed by atoms with Crippen molar-refractivity contribution in [1.82, 2.24) is 15.1 Å². The zero-order valence-corrected chi connectivity index (χ0v) is 13.2. The smallest absolute Gasteiger partial charge is 0.243 e. The predicted octanol–water partition coefficient (Wildman–Crippen LogP) is 1.18. The van der Waals surface area contributed by atoms with Crippen molar-refractivity contribution < 1.29 is 4.79 Å². The van der Waals surface area contributed by atoms with Gasteiger partial charge in [-0.2, -0.15) is 0 Å². The molecule has 0 radical (unpaired) electrons. The fraction of sp³-hybridized carbons (Fsp3) is 0.733. The highest BCUT2D eigenvalue weighted by molar-refractivity contribution is 5.85. The topological polar surface area (TPSA) is 47.9 Å². The Bertz CT molecular complexity index is 355. The molecule has 0 saturated carbocycles. The Morgan fingerprint density at radius 2 is 2.00 bits per heavy atom. The van der Waals surface area contributed by atoms with Gasteiger partial charge in [-0.25, -0.2) is 4.99 Å². The number of nitrogens with one attached hydrogen (secondary N) is 1. The monoisotopic (exact) mass is 280 g/mol. The summed E-state index contributed by atoms with van der Waals surface area (Å²) in [6, 6.07) is 0. The van der Waals surface area contributed by atoms with E-state index in [-0.39, 0.29) is 12.5 Å². The van der Waals surface area contributed by atoms with Crippen LogP contribution in [0, 0.1) is 11.8 Å². The minimum Gasteiger partial charge on any atom is -0.353 e. The lowest BCUT2D eigenvalue weighted by Crippen LogP contribution is -2.48. The van der Waals surface area contributed by atoms with E-state index in [1.165, 1.54) is 6.42 Å². The van der Waals surface area contributed by atoms with Crippen LogP contribution in [-0.4, -0.2) is 61.9 Å². The number of likely N-dealkylation sites (tertiary alicyclic amines) is 1. The molecule has 2 unspecified atom stereocenters. The molecule has 114 valence electrons. The van der Waals surface area contributed by atoms with E-state index in [4.69, 9.17) is 0 Å². The summed E-state index contributed by atoms with van der Waals surface area (Å²) in [7, 11) is 3.50. The summed E-state index contributed by atoms with van der Waals surface area (Å²) in [6.45, 7) is 11.1. The lowest BCUT2D eigenvalue weighted by Gasteiger charge is -2.37. The second-order valence-corrected chi connectivity index (χ2v) is 5.95. The van der Waals surface area contributed by atoms with E-state index in [2.05, 4.69) is 35.6 Å². The molecule has 5 heteroatoms. The second kappa shape index (κ2) is 7.92. The van der Waals surface area contributed by atoms with Crippen molar-refractivity contribution in [2.75, 3.05) is 40.3 Å². The third kappa shape index (κ3) is 5.23. The molecule has 0 aliphatic carbocycles. The first-order valence-corrected chi connectivity index (χ1v) is 7.28. The van der Waals surface area contributed by atoms with Crippen molar-refractivity contribution in [3.05, 3.63) is 12.7 Å². The van der Waals surface area contributed by atoms with Gasteiger partial charge in [-0.1, -0.05) is 19.9 Å². The average molecular weight is 280 g/mol. The van der Waals surface area contributed by atoms with Crippen molar-refractivity contribution in [3.63, 3.8) is 0 Å². The van der Waals surface area contributed by atoms with Crippen LogP contribution in [0.4, 0.5) is 0 Å². The van der Waals surface area contributed by atoms with Crippen LogP contribution in [0.25, 0.3) is 0 Å². The van der Waals surface area contributed by atoms with Crippen LogP contribution < -0.4 is 5.32 Å². The summed E-state index contributed by atoms with van der Waals surface area (Å²) < 4.78 is 0. The van der Waals surface area contributed by atoms with Gasteiger partial charge in [0.1, 0.15) is 6.54 Å². The molecule has 1 amide bonds. The Morgan fingerprint density at radius 1 is 1.40 bits per heavy atom. The van der Waals surface area contributed by atoms with Crippen molar-refractivity contribution >= 4 is 11.9 Å². The molecule has 0 spiro atoms. The Kier molecular flexibility index (Phi) is 6.55. The summed E-state index contributed by atoms with van der Waals surface area (Å²) in [5.74, 6) is 2.14. The molecule has 1 heterocycles. The molecule has 5 nitrogen and oxygen atoms in total. The molecule has 2 atom stereocenters. The highest BCUT2D eigenvalue weighted by Gasteiger charge is 2.24. The lowest BCUT2D eigenvalue weighted by molar-refractivity contribution is -0.127. The van der Waals surface area contributed by atoms with Gasteiger partial charge < -0.3 is 15.1 Å². The first kappa shape index (κ1) is 16.5. The van der Waals surface area contributed by atoms with Gasteiger partial charge in [-0.05, 0) is 18.3 Å². The van der Waals surface area contributed by atoms with Crippen LogP contribution in [0.3, 0.4) is 0 Å². The Hall–Kier alpha value is -1.52. The maximum absolute atomic E-state index is 11.7. The molecule has 0 aromatic heterocycles. The van der Waals surface area contributed by atoms with Gasteiger partial charge >= 0.3 is 0 Å². The van der Waals surface area contributed by atoms with Crippen molar-refractivity contribution in [3.8, 4) is 0 Å². The van der Waals surface area contributed by atoms with Gasteiger partial charge in [0, 0.05) is 33.7 Å². The number of carbonyl (C=O) groups excluding carboxylic acids is 1. The summed E-state index contributed by atoms with van der Waals surface area (Å²) in [4.78, 5) is 20.0. The molecule has 0 bridgehead atoms. The molecular weight excluding hydrogens is 252 g/mol. The van der Waals surface area contributed by atoms with Crippen LogP contribution >= 0.6 is 0 Å². The number of aliphatic imine (C=N–C) groups is 1. The third-order valence-electron chi connectivity index (χ3n) is 3.44. The zero-order valence-electron chi connectivity index (χ0n) is 13.2. The van der Waals surface area contributed by atoms with E-state index in [9.17, 15) is 4.79 Å². The minimum atomic E-state index is 0.0148. The van der Waals surface area contributed by atoms with E-state index in [1.807, 2.05) is 0 Å². The SMILES string of the molecule is C=CCNC(=NCC(=O)N(C)C)N1CC(C)CC(C)C1. The first-order chi connectivity index (χ1) is 9.43. The quantitative estimate of drug-likeness (QED) is 0.478. The normalized spacial score (nSPS) is 23.4. The van der Waals surface area contributed by atoms with E-state index >= 15 is 0 Å². The number of hydrogen-bond donors (Lipinski definition) is 1. The van der Waals surface area contributed by atoms with Gasteiger partial charge in [0.05, 0.1) is 0 Å². The van der Waals surface area contributed by atoms with E-state index in [1.54, 1.807) is 25.1 Å². The Balaban J connectivity index is 2.74. The van der Waals surface area contributed by atoms with Gasteiger partial charge in [0.2, 0.25) is 5.91 Å². The molecule has 1 N–H and O–H groups in total. The number of rotatable bonds is 4. The van der Waals surface area contributed by atoms with E-state index < -0.39 is 0 Å². The van der Waals surface area contributed by atoms with Crippen LogP contribution in [0.1, 0.15) is 20.3 Å². The molecule has 1 saturated heterocycles. The molecule has 1 aliphatic rings. The maximum atomic E-state index is 11.7. The Morgan fingerprint density at radius 3 is 2.50 bits per heavy atom.